The first-order valence-corrected chi connectivity index (χ1v) is 7.59. The van der Waals surface area contributed by atoms with Crippen molar-refractivity contribution in [2.45, 2.75) is 12.8 Å². The molecule has 1 saturated heterocycles. The Hall–Kier alpha value is -2.32. The molecule has 2 aromatic rings. The van der Waals surface area contributed by atoms with Crippen LogP contribution in [-0.2, 0) is 4.74 Å². The lowest BCUT2D eigenvalue weighted by Crippen LogP contribution is -2.36. The number of fused-ring (bicyclic) bond motifs is 1. The SMILES string of the molecule is N#CCCN(CC1CCOC1)C(=O)c1cccc2[nH]ccc12. The first-order valence-electron chi connectivity index (χ1n) is 7.59. The van der Waals surface area contributed by atoms with Gasteiger partial charge >= 0.3 is 0 Å². The molecule has 22 heavy (non-hydrogen) atoms. The maximum Gasteiger partial charge on any atom is 0.254 e. The van der Waals surface area contributed by atoms with Crippen molar-refractivity contribution in [3.05, 3.63) is 36.0 Å². The van der Waals surface area contributed by atoms with Gasteiger partial charge in [0.15, 0.2) is 0 Å². The lowest BCUT2D eigenvalue weighted by Gasteiger charge is -2.24. The Morgan fingerprint density at radius 3 is 3.14 bits per heavy atom. The van der Waals surface area contributed by atoms with E-state index in [1.807, 2.05) is 30.5 Å². The molecule has 1 atom stereocenters. The summed E-state index contributed by atoms with van der Waals surface area (Å²) in [6.45, 7) is 2.58. The smallest absolute Gasteiger partial charge is 0.254 e. The first-order chi connectivity index (χ1) is 10.8. The van der Waals surface area contributed by atoms with E-state index in [2.05, 4.69) is 11.1 Å². The molecule has 1 aromatic carbocycles. The van der Waals surface area contributed by atoms with E-state index >= 15 is 0 Å². The number of amides is 1. The second-order valence-electron chi connectivity index (χ2n) is 5.63. The van der Waals surface area contributed by atoms with Crippen LogP contribution in [0.2, 0.25) is 0 Å². The van der Waals surface area contributed by atoms with Gasteiger partial charge in [-0.05, 0) is 24.6 Å². The first kappa shape index (κ1) is 14.6. The zero-order chi connectivity index (χ0) is 15.4. The van der Waals surface area contributed by atoms with Gasteiger partial charge in [0.1, 0.15) is 0 Å². The highest BCUT2D eigenvalue weighted by Gasteiger charge is 2.24. The zero-order valence-electron chi connectivity index (χ0n) is 12.4. The van der Waals surface area contributed by atoms with Crippen molar-refractivity contribution in [1.29, 1.82) is 5.26 Å². The Kier molecular flexibility index (Phi) is 4.40. The summed E-state index contributed by atoms with van der Waals surface area (Å²) in [5.74, 6) is 0.362. The van der Waals surface area contributed by atoms with E-state index in [-0.39, 0.29) is 5.91 Å². The zero-order valence-corrected chi connectivity index (χ0v) is 12.4. The summed E-state index contributed by atoms with van der Waals surface area (Å²) in [5.41, 5.74) is 1.64. The third-order valence-corrected chi connectivity index (χ3v) is 4.11. The average Bonchev–Trinajstić information content (AvgIpc) is 3.21. The number of nitrogens with one attached hydrogen (secondary N) is 1. The number of carbonyl (C=O) groups excluding carboxylic acids is 1. The molecule has 114 valence electrons. The van der Waals surface area contributed by atoms with Crippen LogP contribution in [0.5, 0.6) is 0 Å². The molecule has 1 fully saturated rings. The van der Waals surface area contributed by atoms with Gasteiger partial charge in [0, 0.05) is 48.3 Å². The van der Waals surface area contributed by atoms with E-state index in [9.17, 15) is 4.79 Å². The molecule has 2 heterocycles. The van der Waals surface area contributed by atoms with E-state index in [4.69, 9.17) is 10.00 Å². The van der Waals surface area contributed by atoms with Gasteiger partial charge in [0.25, 0.3) is 5.91 Å². The quantitative estimate of drug-likeness (QED) is 0.922. The van der Waals surface area contributed by atoms with Gasteiger partial charge in [-0.2, -0.15) is 5.26 Å². The number of hydrogen-bond donors (Lipinski definition) is 1. The van der Waals surface area contributed by atoms with E-state index in [1.165, 1.54) is 0 Å². The number of hydrogen-bond acceptors (Lipinski definition) is 3. The van der Waals surface area contributed by atoms with Crippen LogP contribution in [0.25, 0.3) is 10.9 Å². The van der Waals surface area contributed by atoms with Gasteiger partial charge in [-0.1, -0.05) is 6.07 Å². The van der Waals surface area contributed by atoms with Crippen molar-refractivity contribution in [3.63, 3.8) is 0 Å². The molecule has 1 N–H and O–H groups in total. The van der Waals surface area contributed by atoms with E-state index in [1.54, 1.807) is 4.90 Å². The van der Waals surface area contributed by atoms with Gasteiger partial charge < -0.3 is 14.6 Å². The fraction of sp³-hybridized carbons (Fsp3) is 0.412. The molecule has 3 rings (SSSR count). The van der Waals surface area contributed by atoms with Crippen LogP contribution in [0.15, 0.2) is 30.5 Å². The van der Waals surface area contributed by atoms with Gasteiger partial charge in [-0.15, -0.1) is 0 Å². The molecule has 1 unspecified atom stereocenters. The fourth-order valence-corrected chi connectivity index (χ4v) is 2.94. The van der Waals surface area contributed by atoms with Crippen molar-refractivity contribution < 1.29 is 9.53 Å². The monoisotopic (exact) mass is 297 g/mol. The summed E-state index contributed by atoms with van der Waals surface area (Å²) in [5, 5.41) is 9.78. The molecule has 1 aliphatic heterocycles. The lowest BCUT2D eigenvalue weighted by molar-refractivity contribution is 0.0726. The highest BCUT2D eigenvalue weighted by atomic mass is 16.5. The van der Waals surface area contributed by atoms with Crippen molar-refractivity contribution >= 4 is 16.8 Å². The Balaban J connectivity index is 1.84. The number of rotatable bonds is 5. The molecule has 1 aromatic heterocycles. The largest absolute Gasteiger partial charge is 0.381 e. The number of ether oxygens (including phenoxy) is 1. The van der Waals surface area contributed by atoms with Gasteiger partial charge in [-0.25, -0.2) is 0 Å². The molecule has 0 saturated carbocycles. The number of nitriles is 1. The summed E-state index contributed by atoms with van der Waals surface area (Å²) in [7, 11) is 0. The maximum atomic E-state index is 12.9. The van der Waals surface area contributed by atoms with Crippen LogP contribution < -0.4 is 0 Å². The van der Waals surface area contributed by atoms with Crippen LogP contribution in [-0.4, -0.2) is 42.1 Å². The van der Waals surface area contributed by atoms with Crippen LogP contribution in [0.4, 0.5) is 0 Å². The predicted octanol–water partition coefficient (Wildman–Crippen LogP) is 2.56. The molecule has 0 spiro atoms. The number of carbonyl (C=O) groups is 1. The van der Waals surface area contributed by atoms with E-state index < -0.39 is 0 Å². The highest BCUT2D eigenvalue weighted by molar-refractivity contribution is 6.06. The highest BCUT2D eigenvalue weighted by Crippen LogP contribution is 2.21. The Morgan fingerprint density at radius 1 is 1.45 bits per heavy atom. The Labute approximate surface area is 129 Å². The normalized spacial score (nSPS) is 17.5. The minimum Gasteiger partial charge on any atom is -0.381 e. The molecule has 1 amide bonds. The lowest BCUT2D eigenvalue weighted by atomic mass is 10.1. The van der Waals surface area contributed by atoms with Crippen molar-refractivity contribution in [2.24, 2.45) is 5.92 Å². The Morgan fingerprint density at radius 2 is 2.36 bits per heavy atom. The van der Waals surface area contributed by atoms with Crippen LogP contribution in [0.1, 0.15) is 23.2 Å². The summed E-state index contributed by atoms with van der Waals surface area (Å²) in [6.07, 6.45) is 3.17. The molecular weight excluding hydrogens is 278 g/mol. The van der Waals surface area contributed by atoms with E-state index in [0.717, 1.165) is 23.9 Å². The number of aromatic amines is 1. The summed E-state index contributed by atoms with van der Waals surface area (Å²) in [6, 6.07) is 9.74. The number of aromatic nitrogens is 1. The number of nitrogens with zero attached hydrogens (tertiary/aromatic N) is 2. The molecule has 5 nitrogen and oxygen atoms in total. The summed E-state index contributed by atoms with van der Waals surface area (Å²) >= 11 is 0. The summed E-state index contributed by atoms with van der Waals surface area (Å²) < 4.78 is 5.40. The summed E-state index contributed by atoms with van der Waals surface area (Å²) in [4.78, 5) is 17.8. The topological polar surface area (TPSA) is 69.1 Å². The molecule has 0 radical (unpaired) electrons. The number of benzene rings is 1. The number of H-pyrrole nitrogens is 1. The third kappa shape index (κ3) is 2.97. The van der Waals surface area contributed by atoms with Crippen LogP contribution >= 0.6 is 0 Å². The van der Waals surface area contributed by atoms with Crippen LogP contribution in [0.3, 0.4) is 0 Å². The minimum atomic E-state index is -0.00708. The molecule has 0 aliphatic carbocycles. The predicted molar refractivity (Wildman–Crippen MR) is 83.4 cm³/mol. The van der Waals surface area contributed by atoms with Gasteiger partial charge in [0.05, 0.1) is 19.1 Å². The molecule has 0 bridgehead atoms. The average molecular weight is 297 g/mol. The second kappa shape index (κ2) is 6.63. The third-order valence-electron chi connectivity index (χ3n) is 4.11. The molecular formula is C17H19N3O2. The van der Waals surface area contributed by atoms with E-state index in [0.29, 0.717) is 37.6 Å². The van der Waals surface area contributed by atoms with Crippen molar-refractivity contribution in [2.75, 3.05) is 26.3 Å². The fourth-order valence-electron chi connectivity index (χ4n) is 2.94. The standard InChI is InChI=1S/C17H19N3O2/c18-7-2-9-20(11-13-6-10-22-12-13)17(21)15-3-1-4-16-14(15)5-8-19-16/h1,3-5,8,13,19H,2,6,9-12H2. The second-order valence-corrected chi connectivity index (χ2v) is 5.63. The molecule has 1 aliphatic rings. The van der Waals surface area contributed by atoms with Crippen molar-refractivity contribution in [1.82, 2.24) is 9.88 Å². The maximum absolute atomic E-state index is 12.9. The Bertz CT molecular complexity index is 695. The minimum absolute atomic E-state index is 0.00708. The van der Waals surface area contributed by atoms with Crippen LogP contribution in [0, 0.1) is 17.2 Å². The van der Waals surface area contributed by atoms with Gasteiger partial charge in [0.2, 0.25) is 0 Å². The van der Waals surface area contributed by atoms with Crippen molar-refractivity contribution in [3.8, 4) is 6.07 Å². The van der Waals surface area contributed by atoms with Gasteiger partial charge in [-0.3, -0.25) is 4.79 Å². The molecule has 5 heteroatoms.